The molecule has 1 atom stereocenters. The topological polar surface area (TPSA) is 88.8 Å². The monoisotopic (exact) mass is 413 g/mol. The van der Waals surface area contributed by atoms with Crippen molar-refractivity contribution in [2.75, 3.05) is 18.6 Å². The molecule has 0 unspecified atom stereocenters. The molecule has 0 spiro atoms. The number of pyridine rings is 1. The Kier molecular flexibility index (Phi) is 4.59. The number of rotatable bonds is 3. The summed E-state index contributed by atoms with van der Waals surface area (Å²) in [4.78, 5) is 31.7. The van der Waals surface area contributed by atoms with Gasteiger partial charge in [-0.05, 0) is 29.8 Å². The predicted molar refractivity (Wildman–Crippen MR) is 115 cm³/mol. The van der Waals surface area contributed by atoms with Crippen molar-refractivity contribution in [2.24, 2.45) is 0 Å². The number of para-hydroxylation sites is 2. The lowest BCUT2D eigenvalue weighted by Crippen LogP contribution is -2.49. The van der Waals surface area contributed by atoms with E-state index in [1.54, 1.807) is 29.9 Å². The molecule has 0 radical (unpaired) electrons. The van der Waals surface area contributed by atoms with Gasteiger partial charge in [0.25, 0.3) is 11.8 Å². The fourth-order valence-electron chi connectivity index (χ4n) is 3.62. The number of nitrogens with one attached hydrogen (secondary N) is 1. The second-order valence-electron chi connectivity index (χ2n) is 7.19. The van der Waals surface area contributed by atoms with Crippen molar-refractivity contribution >= 4 is 23.1 Å². The molecule has 8 heteroatoms. The summed E-state index contributed by atoms with van der Waals surface area (Å²) in [6.45, 7) is 0.0224. The van der Waals surface area contributed by atoms with Gasteiger partial charge >= 0.3 is 0 Å². The molecule has 1 aliphatic rings. The number of anilines is 1. The number of benzene rings is 2. The molecule has 31 heavy (non-hydrogen) atoms. The van der Waals surface area contributed by atoms with E-state index in [0.29, 0.717) is 17.1 Å². The Morgan fingerprint density at radius 2 is 1.84 bits per heavy atom. The summed E-state index contributed by atoms with van der Waals surface area (Å²) in [5.41, 5.74) is 3.05. The van der Waals surface area contributed by atoms with Gasteiger partial charge in [0.1, 0.15) is 18.4 Å². The summed E-state index contributed by atoms with van der Waals surface area (Å²) >= 11 is 0. The molecule has 1 N–H and O–H groups in total. The number of hydrogen-bond acceptors (Lipinski definition) is 5. The van der Waals surface area contributed by atoms with Crippen LogP contribution in [0.1, 0.15) is 10.6 Å². The molecule has 0 saturated heterocycles. The molecule has 5 rings (SSSR count). The molecular weight excluding hydrogens is 394 g/mol. The van der Waals surface area contributed by atoms with Gasteiger partial charge in [-0.15, -0.1) is 5.10 Å². The van der Waals surface area contributed by atoms with Gasteiger partial charge in [-0.3, -0.25) is 9.59 Å². The smallest absolute Gasteiger partial charge is 0.291 e. The lowest BCUT2D eigenvalue weighted by Gasteiger charge is -2.19. The molecule has 1 aliphatic heterocycles. The maximum atomic E-state index is 12.9. The lowest BCUT2D eigenvalue weighted by molar-refractivity contribution is -0.120. The maximum absolute atomic E-state index is 12.9. The van der Waals surface area contributed by atoms with Crippen LogP contribution in [-0.4, -0.2) is 46.1 Å². The van der Waals surface area contributed by atoms with E-state index in [1.165, 1.54) is 4.90 Å². The number of carbonyl (C=O) groups excluding carboxylic acids is 2. The first-order valence-electron chi connectivity index (χ1n) is 9.83. The molecule has 8 nitrogen and oxygen atoms in total. The number of carbonyl (C=O) groups is 2. The summed E-state index contributed by atoms with van der Waals surface area (Å²) in [7, 11) is 1.66. The van der Waals surface area contributed by atoms with Crippen molar-refractivity contribution in [3.8, 4) is 16.9 Å². The predicted octanol–water partition coefficient (Wildman–Crippen LogP) is 2.55. The zero-order valence-electron chi connectivity index (χ0n) is 16.7. The van der Waals surface area contributed by atoms with Crippen molar-refractivity contribution in [1.29, 1.82) is 0 Å². The molecule has 3 heterocycles. The highest BCUT2D eigenvalue weighted by Gasteiger charge is 2.31. The number of amides is 2. The number of ether oxygens (including phenoxy) is 1. The Labute approximate surface area is 178 Å². The van der Waals surface area contributed by atoms with Crippen LogP contribution in [0.15, 0.2) is 72.9 Å². The second kappa shape index (κ2) is 7.56. The fraction of sp³-hybridized carbons (Fsp3) is 0.130. The molecule has 0 aliphatic carbocycles. The van der Waals surface area contributed by atoms with Crippen molar-refractivity contribution in [3.05, 3.63) is 78.8 Å². The molecule has 0 fully saturated rings. The van der Waals surface area contributed by atoms with Crippen LogP contribution in [0.4, 0.5) is 5.69 Å². The van der Waals surface area contributed by atoms with E-state index in [1.807, 2.05) is 54.6 Å². The number of likely N-dealkylation sites (N-methyl/N-ethyl adjacent to an activating group) is 1. The van der Waals surface area contributed by atoms with Crippen LogP contribution in [0, 0.1) is 0 Å². The highest BCUT2D eigenvalue weighted by Crippen LogP contribution is 2.30. The van der Waals surface area contributed by atoms with E-state index >= 15 is 0 Å². The molecule has 0 saturated carbocycles. The van der Waals surface area contributed by atoms with Crippen molar-refractivity contribution in [1.82, 2.24) is 19.9 Å². The van der Waals surface area contributed by atoms with Gasteiger partial charge in [0.15, 0.2) is 5.65 Å². The van der Waals surface area contributed by atoms with Crippen LogP contribution in [0.5, 0.6) is 5.75 Å². The maximum Gasteiger partial charge on any atom is 0.291 e. The van der Waals surface area contributed by atoms with Crippen LogP contribution in [0.2, 0.25) is 0 Å². The summed E-state index contributed by atoms with van der Waals surface area (Å²) in [5, 5.41) is 7.02. The fourth-order valence-corrected chi connectivity index (χ4v) is 3.62. The molecular formula is C23H19N5O3. The third kappa shape index (κ3) is 3.38. The average molecular weight is 413 g/mol. The third-order valence-corrected chi connectivity index (χ3v) is 5.22. The van der Waals surface area contributed by atoms with Gasteiger partial charge < -0.3 is 15.0 Å². The molecule has 2 aromatic carbocycles. The SMILES string of the molecule is CN1C(=O)[C@@H](NC(=O)c2nc3c(-c4ccccc4)cccn3n2)COc2ccccc21. The van der Waals surface area contributed by atoms with Crippen molar-refractivity contribution < 1.29 is 14.3 Å². The summed E-state index contributed by atoms with van der Waals surface area (Å²) in [6.07, 6.45) is 1.73. The molecule has 0 bridgehead atoms. The summed E-state index contributed by atoms with van der Waals surface area (Å²) < 4.78 is 7.31. The summed E-state index contributed by atoms with van der Waals surface area (Å²) in [5.74, 6) is -0.231. The van der Waals surface area contributed by atoms with E-state index in [-0.39, 0.29) is 18.3 Å². The number of fused-ring (bicyclic) bond motifs is 2. The first-order chi connectivity index (χ1) is 15.1. The Hall–Kier alpha value is -4.20. The highest BCUT2D eigenvalue weighted by atomic mass is 16.5. The number of aromatic nitrogens is 3. The van der Waals surface area contributed by atoms with Crippen LogP contribution in [-0.2, 0) is 4.79 Å². The minimum Gasteiger partial charge on any atom is -0.489 e. The lowest BCUT2D eigenvalue weighted by atomic mass is 10.1. The van der Waals surface area contributed by atoms with E-state index in [4.69, 9.17) is 4.74 Å². The zero-order chi connectivity index (χ0) is 21.4. The zero-order valence-corrected chi connectivity index (χ0v) is 16.7. The Bertz CT molecular complexity index is 1280. The highest BCUT2D eigenvalue weighted by molar-refractivity contribution is 6.02. The normalized spacial score (nSPS) is 15.8. The first kappa shape index (κ1) is 18.8. The standard InChI is InChI=1S/C23H19N5O3/c1-27-18-11-5-6-12-19(18)31-14-17(23(27)30)24-22(29)20-25-21-16(10-7-13-28(21)26-20)15-8-3-2-4-9-15/h2-13,17H,14H2,1H3,(H,24,29)/t17-/m0/s1. The number of hydrogen-bond donors (Lipinski definition) is 1. The molecule has 2 aromatic heterocycles. The van der Waals surface area contributed by atoms with Gasteiger partial charge in [0.2, 0.25) is 5.82 Å². The Morgan fingerprint density at radius 3 is 2.68 bits per heavy atom. The van der Waals surface area contributed by atoms with E-state index in [2.05, 4.69) is 15.4 Å². The van der Waals surface area contributed by atoms with E-state index in [9.17, 15) is 9.59 Å². The quantitative estimate of drug-likeness (QED) is 0.558. The second-order valence-corrected chi connectivity index (χ2v) is 7.19. The van der Waals surface area contributed by atoms with Crippen LogP contribution >= 0.6 is 0 Å². The minimum atomic E-state index is -0.856. The van der Waals surface area contributed by atoms with Gasteiger partial charge in [-0.2, -0.15) is 0 Å². The van der Waals surface area contributed by atoms with Gasteiger partial charge in [0, 0.05) is 18.8 Å². The van der Waals surface area contributed by atoms with E-state index in [0.717, 1.165) is 11.1 Å². The molecule has 2 amide bonds. The van der Waals surface area contributed by atoms with Crippen LogP contribution < -0.4 is 15.0 Å². The minimum absolute atomic E-state index is 0.0133. The first-order valence-corrected chi connectivity index (χ1v) is 9.83. The van der Waals surface area contributed by atoms with Gasteiger partial charge in [-0.25, -0.2) is 9.50 Å². The Balaban J connectivity index is 1.42. The van der Waals surface area contributed by atoms with Gasteiger partial charge in [0.05, 0.1) is 5.69 Å². The summed E-state index contributed by atoms with van der Waals surface area (Å²) in [6, 6.07) is 19.9. The van der Waals surface area contributed by atoms with E-state index < -0.39 is 11.9 Å². The van der Waals surface area contributed by atoms with Crippen molar-refractivity contribution in [3.63, 3.8) is 0 Å². The third-order valence-electron chi connectivity index (χ3n) is 5.22. The van der Waals surface area contributed by atoms with Crippen molar-refractivity contribution in [2.45, 2.75) is 6.04 Å². The molecule has 154 valence electrons. The largest absolute Gasteiger partial charge is 0.489 e. The van der Waals surface area contributed by atoms with Crippen LogP contribution in [0.25, 0.3) is 16.8 Å². The molecule has 4 aromatic rings. The van der Waals surface area contributed by atoms with Gasteiger partial charge in [-0.1, -0.05) is 42.5 Å². The Morgan fingerprint density at radius 1 is 1.06 bits per heavy atom. The number of nitrogens with zero attached hydrogens (tertiary/aromatic N) is 4. The average Bonchev–Trinajstić information content (AvgIpc) is 3.22. The van der Waals surface area contributed by atoms with Crippen LogP contribution in [0.3, 0.4) is 0 Å².